The minimum absolute atomic E-state index is 0.798. The van der Waals surface area contributed by atoms with Crippen LogP contribution in [0.5, 0.6) is 0 Å². The topological polar surface area (TPSA) is 21.6 Å². The summed E-state index contributed by atoms with van der Waals surface area (Å²) in [5.41, 5.74) is 1.85. The number of rotatable bonds is 1. The smallest absolute Gasteiger partial charge is 0.452 e. The average Bonchev–Trinajstić information content (AvgIpc) is 2.54. The Hall–Kier alpha value is -1.49. The lowest BCUT2D eigenvalue weighted by molar-refractivity contribution is 0.453. The van der Waals surface area contributed by atoms with Crippen LogP contribution in [0.4, 0.5) is 5.69 Å². The van der Waals surface area contributed by atoms with E-state index in [4.69, 9.17) is 15.5 Å². The Bertz CT molecular complexity index is 747. The van der Waals surface area contributed by atoms with E-state index in [-0.39, 0.29) is 0 Å². The summed E-state index contributed by atoms with van der Waals surface area (Å²) in [5.74, 6) is 0.798. The van der Waals surface area contributed by atoms with Gasteiger partial charge in [-0.2, -0.15) is 0 Å². The second kappa shape index (κ2) is 6.32. The monoisotopic (exact) mass is 345 g/mol. The maximum Gasteiger partial charge on any atom is 0.452 e. The van der Waals surface area contributed by atoms with Gasteiger partial charge in [-0.25, -0.2) is 0 Å². The van der Waals surface area contributed by atoms with Gasteiger partial charge in [-0.05, 0) is 32.1 Å². The molecule has 1 aliphatic heterocycles. The molecule has 1 aliphatic rings. The third-order valence-corrected chi connectivity index (χ3v) is 9.65. The zero-order valence-corrected chi connectivity index (χ0v) is 15.0. The fraction of sp³-hybridized carbons (Fsp3) is 0.118. The first-order valence-electron chi connectivity index (χ1n) is 7.02. The number of allylic oxidation sites excluding steroid dienone is 2. The lowest BCUT2D eigenvalue weighted by Crippen LogP contribution is -2.42. The van der Waals surface area contributed by atoms with E-state index in [0.29, 0.717) is 0 Å². The molecule has 0 saturated carbocycles. The Morgan fingerprint density at radius 1 is 1.00 bits per heavy atom. The van der Waals surface area contributed by atoms with Gasteiger partial charge in [0.1, 0.15) is 0 Å². The van der Waals surface area contributed by atoms with Crippen LogP contribution in [-0.2, 0) is 4.43 Å². The molecule has 3 rings (SSSR count). The van der Waals surface area contributed by atoms with Crippen LogP contribution in [0.25, 0.3) is 0 Å². The number of nitrogens with zero attached hydrogens (tertiary/aromatic N) is 1. The number of hydrogen-bond donors (Lipinski definition) is 0. The zero-order chi connectivity index (χ0) is 15.6. The lowest BCUT2D eigenvalue weighted by atomic mass is 10.3. The molecule has 22 heavy (non-hydrogen) atoms. The van der Waals surface area contributed by atoms with Crippen LogP contribution in [0.15, 0.2) is 76.3 Å². The van der Waals surface area contributed by atoms with Crippen molar-refractivity contribution in [3.05, 3.63) is 66.4 Å². The van der Waals surface area contributed by atoms with Gasteiger partial charge in [0.2, 0.25) is 0 Å². The van der Waals surface area contributed by atoms with Crippen LogP contribution in [0.2, 0.25) is 0 Å². The van der Waals surface area contributed by atoms with Gasteiger partial charge in [-0.1, -0.05) is 64.8 Å². The van der Waals surface area contributed by atoms with Gasteiger partial charge in [0.25, 0.3) is 0 Å². The van der Waals surface area contributed by atoms with Crippen molar-refractivity contribution >= 4 is 45.7 Å². The predicted molar refractivity (Wildman–Crippen MR) is 97.6 cm³/mol. The number of para-hydroxylation sites is 1. The van der Waals surface area contributed by atoms with Crippen molar-refractivity contribution in [3.8, 4) is 0 Å². The quantitative estimate of drug-likeness (QED) is 0.542. The second-order valence-electron chi connectivity index (χ2n) is 5.08. The van der Waals surface area contributed by atoms with Crippen LogP contribution >= 0.6 is 22.3 Å². The molecule has 0 radical (unpaired) electrons. The number of benzene rings is 2. The minimum Gasteiger partial charge on any atom is -0.522 e. The van der Waals surface area contributed by atoms with E-state index < -0.39 is 6.78 Å². The van der Waals surface area contributed by atoms with Crippen LogP contribution in [0.3, 0.4) is 0 Å². The molecule has 112 valence electrons. The molecule has 0 bridgehead atoms. The summed E-state index contributed by atoms with van der Waals surface area (Å²) in [6.07, 6.45) is 1.94. The molecule has 0 saturated heterocycles. The minimum atomic E-state index is -2.72. The number of fused-ring (bicyclic) bond motifs is 1. The second-order valence-corrected chi connectivity index (χ2v) is 12.2. The van der Waals surface area contributed by atoms with Crippen molar-refractivity contribution in [2.45, 2.75) is 18.7 Å². The van der Waals surface area contributed by atoms with Gasteiger partial charge in [-0.15, -0.1) is 0 Å². The molecule has 0 N–H and O–H groups in total. The molecule has 1 heterocycles. The summed E-state index contributed by atoms with van der Waals surface area (Å²) in [7, 11) is 0. The van der Waals surface area contributed by atoms with Crippen LogP contribution in [-0.4, -0.2) is 12.5 Å². The van der Waals surface area contributed by atoms with Crippen LogP contribution in [0.1, 0.15) is 13.8 Å². The molecule has 1 unspecified atom stereocenters. The third-order valence-electron chi connectivity index (χ3n) is 3.23. The van der Waals surface area contributed by atoms with Crippen molar-refractivity contribution in [2.75, 3.05) is 0 Å². The summed E-state index contributed by atoms with van der Waals surface area (Å²) in [6.45, 7) is 1.18. The molecule has 0 aromatic heterocycles. The molecule has 2 nitrogen and oxygen atoms in total. The molecule has 0 amide bonds. The normalized spacial score (nSPS) is 23.8. The molecule has 0 aliphatic carbocycles. The Balaban J connectivity index is 2.14. The zero-order valence-electron chi connectivity index (χ0n) is 12.4. The fourth-order valence-electron chi connectivity index (χ4n) is 2.31. The van der Waals surface area contributed by atoms with Crippen LogP contribution < -0.4 is 5.19 Å². The standard InChI is InChI=1S/C17H16ClNOSSi/c1-13-12-14(2)20-22(18,15-8-4-3-5-9-15)21-17-11-7-6-10-16(17)19-13/h3-12H,1-2H3/b14-12-,19-13?. The maximum atomic E-state index is 7.01. The predicted octanol–water partition coefficient (Wildman–Crippen LogP) is 4.89. The largest absolute Gasteiger partial charge is 0.522 e. The summed E-state index contributed by atoms with van der Waals surface area (Å²) in [5, 5.41) is 1.05. The van der Waals surface area contributed by atoms with E-state index in [0.717, 1.165) is 27.2 Å². The van der Waals surface area contributed by atoms with Gasteiger partial charge < -0.3 is 4.43 Å². The van der Waals surface area contributed by atoms with Crippen molar-refractivity contribution in [2.24, 2.45) is 4.99 Å². The molecular weight excluding hydrogens is 330 g/mol. The van der Waals surface area contributed by atoms with E-state index in [1.807, 2.05) is 74.5 Å². The Morgan fingerprint density at radius 3 is 2.45 bits per heavy atom. The third kappa shape index (κ3) is 3.29. The van der Waals surface area contributed by atoms with Gasteiger partial charge in [0.05, 0.1) is 11.4 Å². The summed E-state index contributed by atoms with van der Waals surface area (Å²) in [4.78, 5) is 5.72. The Labute approximate surface area is 140 Å². The van der Waals surface area contributed by atoms with E-state index >= 15 is 0 Å². The highest BCUT2D eigenvalue weighted by atomic mass is 35.6. The van der Waals surface area contributed by atoms with Gasteiger partial charge >= 0.3 is 6.78 Å². The van der Waals surface area contributed by atoms with Crippen molar-refractivity contribution < 1.29 is 4.43 Å². The number of aliphatic imine (C=N–C) groups is 1. The van der Waals surface area contributed by atoms with E-state index in [2.05, 4.69) is 4.99 Å². The highest BCUT2D eigenvalue weighted by Gasteiger charge is 2.41. The highest BCUT2D eigenvalue weighted by molar-refractivity contribution is 8.34. The number of hydrogen-bond acceptors (Lipinski definition) is 3. The first-order valence-corrected chi connectivity index (χ1v) is 11.5. The molecule has 0 fully saturated rings. The Morgan fingerprint density at radius 2 is 1.68 bits per heavy atom. The van der Waals surface area contributed by atoms with E-state index in [1.54, 1.807) is 11.2 Å². The van der Waals surface area contributed by atoms with Crippen molar-refractivity contribution in [3.63, 3.8) is 0 Å². The summed E-state index contributed by atoms with van der Waals surface area (Å²) in [6, 6.07) is 18.1. The molecule has 5 heteroatoms. The van der Waals surface area contributed by atoms with Gasteiger partial charge in [0, 0.05) is 15.8 Å². The Kier molecular flexibility index (Phi) is 4.43. The van der Waals surface area contributed by atoms with Gasteiger partial charge in [-0.3, -0.25) is 4.99 Å². The van der Waals surface area contributed by atoms with Gasteiger partial charge in [0.15, 0.2) is 0 Å². The fourth-order valence-corrected chi connectivity index (χ4v) is 8.43. The SMILES string of the molecule is CC1=Nc2ccccc2S[Si](Cl)(c2ccccc2)O/C(C)=C\1. The maximum absolute atomic E-state index is 7.01. The first kappa shape index (κ1) is 15.4. The molecule has 0 spiro atoms. The summed E-state index contributed by atoms with van der Waals surface area (Å²) < 4.78 is 6.22. The molecular formula is C17H16ClNOSSi. The highest BCUT2D eigenvalue weighted by Crippen LogP contribution is 2.40. The van der Waals surface area contributed by atoms with E-state index in [1.165, 1.54) is 0 Å². The van der Waals surface area contributed by atoms with Crippen molar-refractivity contribution in [1.29, 1.82) is 0 Å². The average molecular weight is 346 g/mol. The molecule has 2 aromatic carbocycles. The lowest BCUT2D eigenvalue weighted by Gasteiger charge is -2.25. The first-order chi connectivity index (χ1) is 10.6. The number of halogens is 1. The van der Waals surface area contributed by atoms with E-state index in [9.17, 15) is 0 Å². The molecule has 1 atom stereocenters. The molecule has 2 aromatic rings. The summed E-state index contributed by atoms with van der Waals surface area (Å²) >= 11 is 8.61. The van der Waals surface area contributed by atoms with Crippen LogP contribution in [0, 0.1) is 0 Å². The van der Waals surface area contributed by atoms with Crippen molar-refractivity contribution in [1.82, 2.24) is 0 Å².